The van der Waals surface area contributed by atoms with E-state index in [1.54, 1.807) is 0 Å². The summed E-state index contributed by atoms with van der Waals surface area (Å²) in [7, 11) is -3.04. The lowest BCUT2D eigenvalue weighted by molar-refractivity contribution is 0.0928. The van der Waals surface area contributed by atoms with Crippen LogP contribution in [0, 0.1) is 0 Å². The van der Waals surface area contributed by atoms with Crippen molar-refractivity contribution >= 4 is 21.7 Å². The first-order chi connectivity index (χ1) is 7.96. The Balaban J connectivity index is 1.99. The van der Waals surface area contributed by atoms with Gasteiger partial charge < -0.3 is 11.1 Å². The first-order valence-electron chi connectivity index (χ1n) is 5.15. The molecule has 2 rings (SSSR count). The van der Waals surface area contributed by atoms with E-state index < -0.39 is 15.7 Å². The lowest BCUT2D eigenvalue weighted by Gasteiger charge is -2.22. The number of H-pyrrole nitrogens is 1. The molecule has 2 heterocycles. The van der Waals surface area contributed by atoms with Crippen molar-refractivity contribution < 1.29 is 13.2 Å². The van der Waals surface area contributed by atoms with Crippen LogP contribution >= 0.6 is 0 Å². The number of sulfone groups is 1. The van der Waals surface area contributed by atoms with Gasteiger partial charge in [0, 0.05) is 6.04 Å². The monoisotopic (exact) mass is 259 g/mol. The zero-order valence-corrected chi connectivity index (χ0v) is 9.83. The fourth-order valence-electron chi connectivity index (χ4n) is 1.77. The minimum atomic E-state index is -3.04. The predicted octanol–water partition coefficient (Wildman–Crippen LogP) is -1.31. The van der Waals surface area contributed by atoms with E-state index in [0.717, 1.165) is 0 Å². The summed E-state index contributed by atoms with van der Waals surface area (Å²) in [5, 5.41) is 8.49. The van der Waals surface area contributed by atoms with Crippen LogP contribution in [0.25, 0.3) is 0 Å². The Morgan fingerprint density at radius 2 is 2.29 bits per heavy atom. The first kappa shape index (κ1) is 11.8. The van der Waals surface area contributed by atoms with E-state index >= 15 is 0 Å². The SMILES string of the molecule is Nc1n[nH]c(C(=O)NC2CCCS(=O)(=O)C2)n1. The molecule has 1 saturated heterocycles. The quantitative estimate of drug-likeness (QED) is 0.604. The van der Waals surface area contributed by atoms with E-state index in [9.17, 15) is 13.2 Å². The molecule has 1 aromatic rings. The van der Waals surface area contributed by atoms with Gasteiger partial charge in [-0.3, -0.25) is 9.89 Å². The van der Waals surface area contributed by atoms with E-state index in [1.807, 2.05) is 0 Å². The van der Waals surface area contributed by atoms with E-state index in [-0.39, 0.29) is 29.3 Å². The van der Waals surface area contributed by atoms with Gasteiger partial charge in [0.05, 0.1) is 11.5 Å². The lowest BCUT2D eigenvalue weighted by Crippen LogP contribution is -2.43. The summed E-state index contributed by atoms with van der Waals surface area (Å²) in [5.74, 6) is -0.357. The number of aromatic amines is 1. The van der Waals surface area contributed by atoms with E-state index in [0.29, 0.717) is 12.8 Å². The molecule has 1 atom stereocenters. The summed E-state index contributed by atoms with van der Waals surface area (Å²) >= 11 is 0. The minimum absolute atomic E-state index is 0.00882. The molecule has 0 saturated carbocycles. The fraction of sp³-hybridized carbons (Fsp3) is 0.625. The van der Waals surface area contributed by atoms with Crippen molar-refractivity contribution in [3.63, 3.8) is 0 Å². The third kappa shape index (κ3) is 2.93. The molecule has 4 N–H and O–H groups in total. The van der Waals surface area contributed by atoms with Crippen molar-refractivity contribution in [3.05, 3.63) is 5.82 Å². The van der Waals surface area contributed by atoms with Gasteiger partial charge in [0.2, 0.25) is 11.8 Å². The Kier molecular flexibility index (Phi) is 3.01. The topological polar surface area (TPSA) is 131 Å². The van der Waals surface area contributed by atoms with Gasteiger partial charge in [0.1, 0.15) is 0 Å². The molecule has 8 nitrogen and oxygen atoms in total. The van der Waals surface area contributed by atoms with E-state index in [2.05, 4.69) is 20.5 Å². The summed E-state index contributed by atoms with van der Waals surface area (Å²) < 4.78 is 22.8. The maximum absolute atomic E-state index is 11.6. The van der Waals surface area contributed by atoms with Crippen molar-refractivity contribution in [1.29, 1.82) is 0 Å². The molecule has 1 unspecified atom stereocenters. The first-order valence-corrected chi connectivity index (χ1v) is 6.97. The summed E-state index contributed by atoms with van der Waals surface area (Å²) in [4.78, 5) is 15.3. The van der Waals surface area contributed by atoms with Crippen LogP contribution in [0.5, 0.6) is 0 Å². The zero-order chi connectivity index (χ0) is 12.5. The Morgan fingerprint density at radius 1 is 1.53 bits per heavy atom. The Morgan fingerprint density at radius 3 is 2.88 bits per heavy atom. The molecule has 0 spiro atoms. The third-order valence-corrected chi connectivity index (χ3v) is 4.34. The molecule has 0 aliphatic carbocycles. The average Bonchev–Trinajstić information content (AvgIpc) is 2.63. The van der Waals surface area contributed by atoms with Crippen LogP contribution in [-0.4, -0.2) is 47.1 Å². The molecule has 1 fully saturated rings. The van der Waals surface area contributed by atoms with Gasteiger partial charge in [0.25, 0.3) is 5.91 Å². The van der Waals surface area contributed by atoms with Gasteiger partial charge in [-0.25, -0.2) is 8.42 Å². The van der Waals surface area contributed by atoms with Crippen LogP contribution in [0.3, 0.4) is 0 Å². The number of aromatic nitrogens is 3. The Bertz CT molecular complexity index is 523. The summed E-state index contributed by atoms with van der Waals surface area (Å²) in [6, 6.07) is -0.368. The van der Waals surface area contributed by atoms with Crippen molar-refractivity contribution in [2.75, 3.05) is 17.2 Å². The maximum atomic E-state index is 11.6. The molecule has 0 aromatic carbocycles. The number of anilines is 1. The number of amides is 1. The predicted molar refractivity (Wildman–Crippen MR) is 59.9 cm³/mol. The van der Waals surface area contributed by atoms with Gasteiger partial charge >= 0.3 is 0 Å². The standard InChI is InChI=1S/C8H13N5O3S/c9-8-11-6(12-13-8)7(14)10-5-2-1-3-17(15,16)4-5/h5H,1-4H2,(H,10,14)(H3,9,11,12,13). The molecule has 0 bridgehead atoms. The van der Waals surface area contributed by atoms with Gasteiger partial charge in [-0.05, 0) is 12.8 Å². The minimum Gasteiger partial charge on any atom is -0.366 e. The highest BCUT2D eigenvalue weighted by Crippen LogP contribution is 2.12. The second-order valence-electron chi connectivity index (χ2n) is 3.97. The van der Waals surface area contributed by atoms with E-state index in [1.165, 1.54) is 0 Å². The highest BCUT2D eigenvalue weighted by Gasteiger charge is 2.26. The van der Waals surface area contributed by atoms with Crippen molar-refractivity contribution in [3.8, 4) is 0 Å². The second-order valence-corrected chi connectivity index (χ2v) is 6.20. The smallest absolute Gasteiger partial charge is 0.288 e. The molecular weight excluding hydrogens is 246 g/mol. The lowest BCUT2D eigenvalue weighted by atomic mass is 10.2. The van der Waals surface area contributed by atoms with Crippen LogP contribution in [0.1, 0.15) is 23.5 Å². The van der Waals surface area contributed by atoms with Crippen LogP contribution in [0.15, 0.2) is 0 Å². The Hall–Kier alpha value is -1.64. The molecule has 1 amide bonds. The maximum Gasteiger partial charge on any atom is 0.288 e. The normalized spacial score (nSPS) is 23.2. The molecule has 9 heteroatoms. The average molecular weight is 259 g/mol. The van der Waals surface area contributed by atoms with Crippen LogP contribution in [-0.2, 0) is 9.84 Å². The molecule has 94 valence electrons. The summed E-state index contributed by atoms with van der Waals surface area (Å²) in [6.45, 7) is 0. The molecule has 1 aliphatic heterocycles. The number of nitrogens with two attached hydrogens (primary N) is 1. The largest absolute Gasteiger partial charge is 0.366 e. The number of nitrogens with zero attached hydrogens (tertiary/aromatic N) is 2. The van der Waals surface area contributed by atoms with Gasteiger partial charge in [-0.1, -0.05) is 0 Å². The van der Waals surface area contributed by atoms with Crippen molar-refractivity contribution in [2.45, 2.75) is 18.9 Å². The number of carbonyl (C=O) groups excluding carboxylic acids is 1. The highest BCUT2D eigenvalue weighted by atomic mass is 32.2. The molecule has 1 aromatic heterocycles. The summed E-state index contributed by atoms with van der Waals surface area (Å²) in [5.41, 5.74) is 5.26. The van der Waals surface area contributed by atoms with E-state index in [4.69, 9.17) is 5.73 Å². The molecular formula is C8H13N5O3S. The highest BCUT2D eigenvalue weighted by molar-refractivity contribution is 7.91. The number of rotatable bonds is 2. The van der Waals surface area contributed by atoms with Crippen molar-refractivity contribution in [1.82, 2.24) is 20.5 Å². The third-order valence-electron chi connectivity index (χ3n) is 2.52. The second kappa shape index (κ2) is 4.32. The molecule has 1 aliphatic rings. The number of hydrogen-bond acceptors (Lipinski definition) is 6. The van der Waals surface area contributed by atoms with Gasteiger partial charge in [-0.15, -0.1) is 5.10 Å². The van der Waals surface area contributed by atoms with Crippen LogP contribution < -0.4 is 11.1 Å². The van der Waals surface area contributed by atoms with Crippen molar-refractivity contribution in [2.24, 2.45) is 0 Å². The Labute approximate surface area is 97.9 Å². The van der Waals surface area contributed by atoms with Gasteiger partial charge in [0.15, 0.2) is 9.84 Å². The number of carbonyl (C=O) groups is 1. The number of nitrogens with one attached hydrogen (secondary N) is 2. The zero-order valence-electron chi connectivity index (χ0n) is 9.01. The number of hydrogen-bond donors (Lipinski definition) is 3. The number of nitrogen functional groups attached to an aromatic ring is 1. The van der Waals surface area contributed by atoms with Crippen LogP contribution in [0.4, 0.5) is 5.95 Å². The van der Waals surface area contributed by atoms with Gasteiger partial charge in [-0.2, -0.15) is 4.98 Å². The summed E-state index contributed by atoms with van der Waals surface area (Å²) in [6.07, 6.45) is 1.21. The fourth-order valence-corrected chi connectivity index (χ4v) is 3.40. The molecule has 0 radical (unpaired) electrons. The molecule has 17 heavy (non-hydrogen) atoms. The van der Waals surface area contributed by atoms with Crippen LogP contribution in [0.2, 0.25) is 0 Å².